The number of anilines is 1. The molecule has 2 heterocycles. The Balaban J connectivity index is 1.58. The van der Waals surface area contributed by atoms with Gasteiger partial charge in [-0.05, 0) is 43.5 Å². The Hall–Kier alpha value is -2.41. The summed E-state index contributed by atoms with van der Waals surface area (Å²) in [6.07, 6.45) is 4.58. The Morgan fingerprint density at radius 2 is 2.00 bits per heavy atom. The molecule has 0 atom stereocenters. The van der Waals surface area contributed by atoms with Crippen LogP contribution in [0.1, 0.15) is 50.4 Å². The van der Waals surface area contributed by atoms with E-state index in [0.29, 0.717) is 17.6 Å². The second kappa shape index (κ2) is 9.68. The molecule has 7 heteroatoms. The van der Waals surface area contributed by atoms with Crippen molar-refractivity contribution in [2.45, 2.75) is 52.6 Å². The van der Waals surface area contributed by atoms with Gasteiger partial charge in [-0.25, -0.2) is 4.79 Å². The van der Waals surface area contributed by atoms with Crippen LogP contribution in [0.15, 0.2) is 28.8 Å². The highest BCUT2D eigenvalue weighted by atomic mass is 16.5. The highest BCUT2D eigenvalue weighted by molar-refractivity contribution is 5.89. The minimum absolute atomic E-state index is 0.185. The van der Waals surface area contributed by atoms with Gasteiger partial charge in [0.15, 0.2) is 5.82 Å². The largest absolute Gasteiger partial charge is 0.337 e. The number of urea groups is 1. The van der Waals surface area contributed by atoms with E-state index in [1.54, 1.807) is 11.9 Å². The third kappa shape index (κ3) is 5.79. The third-order valence-electron chi connectivity index (χ3n) is 4.92. The van der Waals surface area contributed by atoms with Crippen LogP contribution in [0.3, 0.4) is 0 Å². The van der Waals surface area contributed by atoms with E-state index in [0.717, 1.165) is 37.3 Å². The number of carbonyl (C=O) groups excluding carboxylic acids is 1. The van der Waals surface area contributed by atoms with E-state index in [-0.39, 0.29) is 12.6 Å². The predicted octanol–water partition coefficient (Wildman–Crippen LogP) is 3.92. The third-order valence-corrected chi connectivity index (χ3v) is 4.92. The second-order valence-electron chi connectivity index (χ2n) is 7.98. The summed E-state index contributed by atoms with van der Waals surface area (Å²) in [4.78, 5) is 21.0. The van der Waals surface area contributed by atoms with Crippen LogP contribution in [-0.4, -0.2) is 46.1 Å². The van der Waals surface area contributed by atoms with Gasteiger partial charge in [-0.15, -0.1) is 0 Å². The Kier molecular flexibility index (Phi) is 7.03. The predicted molar refractivity (Wildman–Crippen MR) is 109 cm³/mol. The quantitative estimate of drug-likeness (QED) is 0.782. The number of likely N-dealkylation sites (tertiary alicyclic amines) is 1. The van der Waals surface area contributed by atoms with E-state index in [1.165, 1.54) is 19.3 Å². The summed E-state index contributed by atoms with van der Waals surface area (Å²) in [5, 5.41) is 7.01. The maximum atomic E-state index is 12.7. The molecule has 0 unspecified atom stereocenters. The Morgan fingerprint density at radius 1 is 1.25 bits per heavy atom. The SMILES string of the molecule is CC(C)Cc1noc(CN(C)C(=O)Nc2ccccc2CN2CCCCC2)n1. The number of rotatable bonds is 7. The van der Waals surface area contributed by atoms with Crippen LogP contribution in [0.4, 0.5) is 10.5 Å². The molecule has 28 heavy (non-hydrogen) atoms. The van der Waals surface area contributed by atoms with Crippen molar-refractivity contribution < 1.29 is 9.32 Å². The first-order chi connectivity index (χ1) is 13.5. The fourth-order valence-corrected chi connectivity index (χ4v) is 3.43. The van der Waals surface area contributed by atoms with Crippen molar-refractivity contribution in [1.29, 1.82) is 0 Å². The van der Waals surface area contributed by atoms with Crippen LogP contribution in [0, 0.1) is 5.92 Å². The monoisotopic (exact) mass is 385 g/mol. The molecule has 2 aromatic rings. The molecule has 0 spiro atoms. The van der Waals surface area contributed by atoms with Gasteiger partial charge < -0.3 is 14.7 Å². The summed E-state index contributed by atoms with van der Waals surface area (Å²) in [5.74, 6) is 1.60. The Labute approximate surface area is 167 Å². The van der Waals surface area contributed by atoms with Crippen molar-refractivity contribution in [3.8, 4) is 0 Å². The number of aromatic nitrogens is 2. The van der Waals surface area contributed by atoms with E-state index in [9.17, 15) is 4.79 Å². The molecular weight excluding hydrogens is 354 g/mol. The number of nitrogens with one attached hydrogen (secondary N) is 1. The summed E-state index contributed by atoms with van der Waals surface area (Å²) >= 11 is 0. The minimum Gasteiger partial charge on any atom is -0.337 e. The molecule has 1 aliphatic rings. The van der Waals surface area contributed by atoms with Crippen molar-refractivity contribution >= 4 is 11.7 Å². The standard InChI is InChI=1S/C21H31N5O2/c1-16(2)13-19-23-20(28-24-19)15-25(3)21(27)22-18-10-6-5-9-17(18)14-26-11-7-4-8-12-26/h5-6,9-10,16H,4,7-8,11-15H2,1-3H3,(H,22,27). The molecule has 0 radical (unpaired) electrons. The average molecular weight is 386 g/mol. The molecule has 1 aromatic heterocycles. The first-order valence-electron chi connectivity index (χ1n) is 10.1. The van der Waals surface area contributed by atoms with Gasteiger partial charge >= 0.3 is 6.03 Å². The maximum absolute atomic E-state index is 12.7. The average Bonchev–Trinajstić information content (AvgIpc) is 3.10. The molecule has 1 fully saturated rings. The Bertz CT molecular complexity index is 768. The van der Waals surface area contributed by atoms with E-state index in [1.807, 2.05) is 18.2 Å². The lowest BCUT2D eigenvalue weighted by atomic mass is 10.1. The van der Waals surface area contributed by atoms with Crippen molar-refractivity contribution in [1.82, 2.24) is 19.9 Å². The van der Waals surface area contributed by atoms with Crippen LogP contribution in [0.25, 0.3) is 0 Å². The fourth-order valence-electron chi connectivity index (χ4n) is 3.43. The van der Waals surface area contributed by atoms with Gasteiger partial charge in [0.1, 0.15) is 6.54 Å². The zero-order chi connectivity index (χ0) is 19.9. The molecular formula is C21H31N5O2. The molecule has 7 nitrogen and oxygen atoms in total. The second-order valence-corrected chi connectivity index (χ2v) is 7.98. The number of piperidine rings is 1. The zero-order valence-corrected chi connectivity index (χ0v) is 17.1. The summed E-state index contributed by atoms with van der Waals surface area (Å²) in [5.41, 5.74) is 2.00. The molecule has 3 rings (SSSR count). The van der Waals surface area contributed by atoms with Crippen molar-refractivity contribution in [2.75, 3.05) is 25.5 Å². The molecule has 0 bridgehead atoms. The van der Waals surface area contributed by atoms with Gasteiger partial charge in [0.25, 0.3) is 0 Å². The highest BCUT2D eigenvalue weighted by Crippen LogP contribution is 2.20. The minimum atomic E-state index is -0.185. The van der Waals surface area contributed by atoms with Gasteiger partial charge in [0.2, 0.25) is 5.89 Å². The molecule has 152 valence electrons. The van der Waals surface area contributed by atoms with Gasteiger partial charge in [0.05, 0.1) is 0 Å². The van der Waals surface area contributed by atoms with Gasteiger partial charge in [-0.3, -0.25) is 4.90 Å². The molecule has 0 aliphatic carbocycles. The van der Waals surface area contributed by atoms with E-state index < -0.39 is 0 Å². The van der Waals surface area contributed by atoms with E-state index >= 15 is 0 Å². The number of nitrogens with zero attached hydrogens (tertiary/aromatic N) is 4. The topological polar surface area (TPSA) is 74.5 Å². The first-order valence-corrected chi connectivity index (χ1v) is 10.1. The molecule has 1 aromatic carbocycles. The smallest absolute Gasteiger partial charge is 0.322 e. The highest BCUT2D eigenvalue weighted by Gasteiger charge is 2.17. The van der Waals surface area contributed by atoms with E-state index in [4.69, 9.17) is 4.52 Å². The molecule has 1 aliphatic heterocycles. The summed E-state index contributed by atoms with van der Waals surface area (Å²) in [6, 6.07) is 7.83. The zero-order valence-electron chi connectivity index (χ0n) is 17.1. The lowest BCUT2D eigenvalue weighted by Gasteiger charge is -2.27. The fraction of sp³-hybridized carbons (Fsp3) is 0.571. The van der Waals surface area contributed by atoms with E-state index in [2.05, 4.69) is 40.3 Å². The van der Waals surface area contributed by atoms with Crippen molar-refractivity contribution in [2.24, 2.45) is 5.92 Å². The Morgan fingerprint density at radius 3 is 2.75 bits per heavy atom. The van der Waals surface area contributed by atoms with Crippen molar-refractivity contribution in [3.63, 3.8) is 0 Å². The molecule has 1 N–H and O–H groups in total. The van der Waals surface area contributed by atoms with Crippen LogP contribution in [-0.2, 0) is 19.5 Å². The van der Waals surface area contributed by atoms with Crippen molar-refractivity contribution in [3.05, 3.63) is 41.5 Å². The number of benzene rings is 1. The van der Waals surface area contributed by atoms with Crippen LogP contribution in [0.2, 0.25) is 0 Å². The normalized spacial score (nSPS) is 15.0. The lowest BCUT2D eigenvalue weighted by Crippen LogP contribution is -2.32. The van der Waals surface area contributed by atoms with Gasteiger partial charge in [-0.2, -0.15) is 4.98 Å². The number of para-hydroxylation sites is 1. The molecule has 0 saturated carbocycles. The lowest BCUT2D eigenvalue weighted by molar-refractivity contribution is 0.212. The van der Waals surface area contributed by atoms with Gasteiger partial charge in [-0.1, -0.05) is 43.6 Å². The summed E-state index contributed by atoms with van der Waals surface area (Å²) in [6.45, 7) is 7.61. The van der Waals surface area contributed by atoms with Crippen LogP contribution in [0.5, 0.6) is 0 Å². The van der Waals surface area contributed by atoms with Crippen LogP contribution >= 0.6 is 0 Å². The molecule has 1 saturated heterocycles. The first kappa shape index (κ1) is 20.3. The molecule has 2 amide bonds. The number of carbonyl (C=O) groups is 1. The number of hydrogen-bond acceptors (Lipinski definition) is 5. The summed E-state index contributed by atoms with van der Waals surface area (Å²) < 4.78 is 5.27. The summed E-state index contributed by atoms with van der Waals surface area (Å²) in [7, 11) is 1.73. The number of amides is 2. The van der Waals surface area contributed by atoms with Gasteiger partial charge in [0, 0.05) is 25.7 Å². The van der Waals surface area contributed by atoms with Crippen LogP contribution < -0.4 is 5.32 Å². The number of hydrogen-bond donors (Lipinski definition) is 1. The maximum Gasteiger partial charge on any atom is 0.322 e.